The van der Waals surface area contributed by atoms with Crippen LogP contribution in [0.3, 0.4) is 0 Å². The van der Waals surface area contributed by atoms with Crippen molar-refractivity contribution < 1.29 is 0 Å². The van der Waals surface area contributed by atoms with Crippen LogP contribution in [-0.4, -0.2) is 68.2 Å². The summed E-state index contributed by atoms with van der Waals surface area (Å²) in [6.07, 6.45) is 6.54. The molecular weight excluding hydrogens is 308 g/mol. The number of likely N-dealkylation sites (tertiary alicyclic amines) is 1. The fourth-order valence-electron chi connectivity index (χ4n) is 3.97. The van der Waals surface area contributed by atoms with E-state index >= 15 is 0 Å². The van der Waals surface area contributed by atoms with Gasteiger partial charge in [-0.05, 0) is 46.0 Å². The van der Waals surface area contributed by atoms with Crippen molar-refractivity contribution in [2.45, 2.75) is 38.0 Å². The Kier molecular flexibility index (Phi) is 3.93. The molecule has 0 aliphatic carbocycles. The first kappa shape index (κ1) is 15.2. The molecule has 2 saturated heterocycles. The summed E-state index contributed by atoms with van der Waals surface area (Å²) in [7, 11) is 0. The Morgan fingerprint density at radius 2 is 1.96 bits per heavy atom. The van der Waals surface area contributed by atoms with E-state index in [4.69, 9.17) is 0 Å². The van der Waals surface area contributed by atoms with Crippen LogP contribution in [0.4, 0.5) is 5.82 Å². The van der Waals surface area contributed by atoms with Gasteiger partial charge < -0.3 is 4.90 Å². The molecule has 2 aliphatic heterocycles. The maximum atomic E-state index is 4.55. The van der Waals surface area contributed by atoms with Gasteiger partial charge in [0.25, 0.3) is 5.78 Å². The number of nitrogens with zero attached hydrogens (tertiary/aromatic N) is 6. The normalized spacial score (nSPS) is 25.8. The van der Waals surface area contributed by atoms with Gasteiger partial charge in [0.15, 0.2) is 0 Å². The van der Waals surface area contributed by atoms with E-state index in [-0.39, 0.29) is 0 Å². The molecule has 2 aromatic heterocycles. The van der Waals surface area contributed by atoms with Gasteiger partial charge >= 0.3 is 0 Å². The molecule has 0 N–H and O–H groups in total. The molecule has 2 atom stereocenters. The van der Waals surface area contributed by atoms with Crippen molar-refractivity contribution in [2.75, 3.05) is 37.3 Å². The molecule has 124 valence electrons. The molecule has 7 heteroatoms. The van der Waals surface area contributed by atoms with Crippen molar-refractivity contribution >= 4 is 23.4 Å². The summed E-state index contributed by atoms with van der Waals surface area (Å²) < 4.78 is 1.91. The Morgan fingerprint density at radius 3 is 2.70 bits per heavy atom. The van der Waals surface area contributed by atoms with E-state index in [0.29, 0.717) is 17.1 Å². The second-order valence-electron chi connectivity index (χ2n) is 6.61. The highest BCUT2D eigenvalue weighted by Crippen LogP contribution is 2.33. The van der Waals surface area contributed by atoms with Crippen LogP contribution in [0.15, 0.2) is 6.33 Å². The molecule has 2 aromatic rings. The third-order valence-electron chi connectivity index (χ3n) is 5.33. The summed E-state index contributed by atoms with van der Waals surface area (Å²) in [6.45, 7) is 8.86. The van der Waals surface area contributed by atoms with Gasteiger partial charge in [-0.1, -0.05) is 0 Å². The van der Waals surface area contributed by atoms with Crippen molar-refractivity contribution in [3.8, 4) is 0 Å². The topological polar surface area (TPSA) is 49.6 Å². The van der Waals surface area contributed by atoms with Crippen LogP contribution in [0.25, 0.3) is 5.78 Å². The lowest BCUT2D eigenvalue weighted by molar-refractivity contribution is 0.264. The second-order valence-corrected chi connectivity index (χ2v) is 7.68. The van der Waals surface area contributed by atoms with E-state index in [9.17, 15) is 0 Å². The lowest BCUT2D eigenvalue weighted by Crippen LogP contribution is -2.40. The summed E-state index contributed by atoms with van der Waals surface area (Å²) in [5.74, 6) is 1.87. The van der Waals surface area contributed by atoms with Crippen LogP contribution >= 0.6 is 11.8 Å². The number of aryl methyl sites for hydroxylation is 1. The van der Waals surface area contributed by atoms with Gasteiger partial charge in [0.05, 0.1) is 0 Å². The number of anilines is 1. The van der Waals surface area contributed by atoms with Gasteiger partial charge in [-0.3, -0.25) is 4.90 Å². The van der Waals surface area contributed by atoms with Crippen LogP contribution in [0.5, 0.6) is 0 Å². The van der Waals surface area contributed by atoms with Crippen molar-refractivity contribution in [1.29, 1.82) is 0 Å². The van der Waals surface area contributed by atoms with Crippen LogP contribution in [0.1, 0.15) is 24.1 Å². The number of thioether (sulfide) groups is 1. The average molecular weight is 332 g/mol. The molecule has 6 nitrogen and oxygen atoms in total. The smallest absolute Gasteiger partial charge is 0.254 e. The zero-order valence-corrected chi connectivity index (χ0v) is 14.9. The van der Waals surface area contributed by atoms with Gasteiger partial charge in [-0.15, -0.1) is 0 Å². The Labute approximate surface area is 141 Å². The molecule has 2 fully saturated rings. The predicted octanol–water partition coefficient (Wildman–Crippen LogP) is 1.76. The van der Waals surface area contributed by atoms with E-state index in [1.165, 1.54) is 37.3 Å². The minimum absolute atomic E-state index is 0.638. The Morgan fingerprint density at radius 1 is 1.17 bits per heavy atom. The van der Waals surface area contributed by atoms with Crippen LogP contribution in [-0.2, 0) is 0 Å². The van der Waals surface area contributed by atoms with Crippen LogP contribution in [0, 0.1) is 13.8 Å². The van der Waals surface area contributed by atoms with Crippen molar-refractivity contribution in [1.82, 2.24) is 24.5 Å². The number of fused-ring (bicyclic) bond motifs is 1. The zero-order chi connectivity index (χ0) is 16.0. The van der Waals surface area contributed by atoms with E-state index in [1.807, 2.05) is 16.3 Å². The van der Waals surface area contributed by atoms with Crippen molar-refractivity contribution in [3.05, 3.63) is 17.6 Å². The maximum Gasteiger partial charge on any atom is 0.254 e. The van der Waals surface area contributed by atoms with E-state index in [1.54, 1.807) is 6.33 Å². The molecule has 2 aliphatic rings. The molecular formula is C16H24N6S. The Balaban J connectivity index is 1.71. The number of rotatable bonds is 3. The molecule has 0 amide bonds. The average Bonchev–Trinajstić information content (AvgIpc) is 3.27. The fourth-order valence-corrected chi connectivity index (χ4v) is 4.87. The van der Waals surface area contributed by atoms with Crippen molar-refractivity contribution in [2.24, 2.45) is 0 Å². The maximum absolute atomic E-state index is 4.55. The van der Waals surface area contributed by atoms with Gasteiger partial charge in [0.1, 0.15) is 12.1 Å². The third kappa shape index (κ3) is 2.50. The molecule has 0 spiro atoms. The number of aromatic nitrogens is 4. The van der Waals surface area contributed by atoms with Gasteiger partial charge in [-0.2, -0.15) is 26.4 Å². The summed E-state index contributed by atoms with van der Waals surface area (Å²) in [4.78, 5) is 14.0. The van der Waals surface area contributed by atoms with Crippen LogP contribution in [0.2, 0.25) is 0 Å². The monoisotopic (exact) mass is 332 g/mol. The van der Waals surface area contributed by atoms with Crippen molar-refractivity contribution in [3.63, 3.8) is 0 Å². The zero-order valence-electron chi connectivity index (χ0n) is 14.1. The summed E-state index contributed by atoms with van der Waals surface area (Å²) in [6, 6.07) is 0.638. The van der Waals surface area contributed by atoms with Gasteiger partial charge in [-0.25, -0.2) is 4.98 Å². The molecule has 4 rings (SSSR count). The minimum Gasteiger partial charge on any atom is -0.353 e. The lowest BCUT2D eigenvalue weighted by Gasteiger charge is -2.27. The highest BCUT2D eigenvalue weighted by Gasteiger charge is 2.38. The fraction of sp³-hybridized carbons (Fsp3) is 0.688. The van der Waals surface area contributed by atoms with Gasteiger partial charge in [0.2, 0.25) is 0 Å². The first-order valence-electron chi connectivity index (χ1n) is 8.37. The van der Waals surface area contributed by atoms with Gasteiger partial charge in [0, 0.05) is 35.6 Å². The largest absolute Gasteiger partial charge is 0.353 e. The molecule has 4 heterocycles. The standard InChI is InChI=1S/C16H24N6S/c1-11-12(2)19-16-17-10-18-22(16)15(11)21-8-13(14(9-21)23-3)20-6-4-5-7-20/h10,13-14H,4-9H2,1-3H3. The number of hydrogen-bond acceptors (Lipinski definition) is 6. The van der Waals surface area contributed by atoms with Crippen LogP contribution < -0.4 is 4.90 Å². The summed E-state index contributed by atoms with van der Waals surface area (Å²) in [5, 5.41) is 5.07. The van der Waals surface area contributed by atoms with E-state index in [2.05, 4.69) is 45.0 Å². The first-order chi connectivity index (χ1) is 11.2. The molecule has 0 aromatic carbocycles. The minimum atomic E-state index is 0.638. The lowest BCUT2D eigenvalue weighted by atomic mass is 10.2. The highest BCUT2D eigenvalue weighted by molar-refractivity contribution is 7.99. The SMILES string of the molecule is CSC1CN(c2c(C)c(C)nc3ncnn23)CC1N1CCCC1. The van der Waals surface area contributed by atoms with E-state index < -0.39 is 0 Å². The summed E-state index contributed by atoms with van der Waals surface area (Å²) in [5.41, 5.74) is 2.26. The summed E-state index contributed by atoms with van der Waals surface area (Å²) >= 11 is 2.00. The third-order valence-corrected chi connectivity index (χ3v) is 6.39. The molecule has 0 bridgehead atoms. The molecule has 0 saturated carbocycles. The molecule has 23 heavy (non-hydrogen) atoms. The number of hydrogen-bond donors (Lipinski definition) is 0. The Bertz CT molecular complexity index is 708. The molecule has 0 radical (unpaired) electrons. The van der Waals surface area contributed by atoms with E-state index in [0.717, 1.165) is 18.8 Å². The molecule has 2 unspecified atom stereocenters. The highest BCUT2D eigenvalue weighted by atomic mass is 32.2. The quantitative estimate of drug-likeness (QED) is 0.854. The Hall–Kier alpha value is -1.34. The first-order valence-corrected chi connectivity index (χ1v) is 9.66. The predicted molar refractivity (Wildman–Crippen MR) is 94.4 cm³/mol. The second kappa shape index (κ2) is 5.94.